The highest BCUT2D eigenvalue weighted by Gasteiger charge is 2.15. The Morgan fingerprint density at radius 3 is 1.79 bits per heavy atom. The summed E-state index contributed by atoms with van der Waals surface area (Å²) in [6.07, 6.45) is 0. The van der Waals surface area contributed by atoms with Crippen molar-refractivity contribution in [2.24, 2.45) is 0 Å². The zero-order valence-electron chi connectivity index (χ0n) is 18.0. The van der Waals surface area contributed by atoms with Crippen LogP contribution in [0.5, 0.6) is 0 Å². The van der Waals surface area contributed by atoms with Crippen molar-refractivity contribution in [3.05, 3.63) is 120 Å². The number of esters is 1. The maximum absolute atomic E-state index is 12.4. The lowest BCUT2D eigenvalue weighted by Crippen LogP contribution is -2.15. The molecular formula is C27H21NO5S. The second-order valence-corrected chi connectivity index (χ2v) is 9.12. The van der Waals surface area contributed by atoms with Crippen molar-refractivity contribution >= 4 is 27.5 Å². The zero-order chi connectivity index (χ0) is 24.0. The minimum absolute atomic E-state index is 0.133. The average Bonchev–Trinajstić information content (AvgIpc) is 2.88. The molecule has 0 saturated heterocycles. The molecule has 7 heteroatoms. The Labute approximate surface area is 197 Å². The minimum Gasteiger partial charge on any atom is -0.454 e. The van der Waals surface area contributed by atoms with Crippen LogP contribution in [-0.2, 0) is 14.8 Å². The van der Waals surface area contributed by atoms with Gasteiger partial charge in [-0.05, 0) is 47.5 Å². The largest absolute Gasteiger partial charge is 0.454 e. The van der Waals surface area contributed by atoms with Crippen molar-refractivity contribution in [1.29, 1.82) is 0 Å². The number of anilines is 1. The van der Waals surface area contributed by atoms with E-state index in [2.05, 4.69) is 4.72 Å². The normalized spacial score (nSPS) is 10.9. The molecule has 1 N–H and O–H groups in total. The molecule has 0 aromatic heterocycles. The first-order chi connectivity index (χ1) is 16.4. The molecule has 0 saturated carbocycles. The molecule has 0 radical (unpaired) electrons. The van der Waals surface area contributed by atoms with E-state index in [-0.39, 0.29) is 16.2 Å². The van der Waals surface area contributed by atoms with Crippen LogP contribution < -0.4 is 4.72 Å². The number of benzene rings is 4. The van der Waals surface area contributed by atoms with Gasteiger partial charge in [-0.2, -0.15) is 0 Å². The van der Waals surface area contributed by atoms with Gasteiger partial charge in [-0.15, -0.1) is 0 Å². The molecule has 6 nitrogen and oxygen atoms in total. The fourth-order valence-electron chi connectivity index (χ4n) is 3.27. The number of nitrogens with one attached hydrogen (secondary N) is 1. The molecule has 34 heavy (non-hydrogen) atoms. The highest BCUT2D eigenvalue weighted by atomic mass is 32.2. The quantitative estimate of drug-likeness (QED) is 0.282. The van der Waals surface area contributed by atoms with Gasteiger partial charge in [0.2, 0.25) is 0 Å². The van der Waals surface area contributed by atoms with Gasteiger partial charge in [0, 0.05) is 11.3 Å². The fourth-order valence-corrected chi connectivity index (χ4v) is 4.34. The lowest BCUT2D eigenvalue weighted by molar-refractivity contribution is 0.0475. The Morgan fingerprint density at radius 2 is 1.18 bits per heavy atom. The van der Waals surface area contributed by atoms with E-state index in [1.807, 2.05) is 42.5 Å². The van der Waals surface area contributed by atoms with E-state index in [0.29, 0.717) is 11.3 Å². The summed E-state index contributed by atoms with van der Waals surface area (Å²) in [7, 11) is -3.73. The Kier molecular flexibility index (Phi) is 6.85. The monoisotopic (exact) mass is 471 g/mol. The summed E-state index contributed by atoms with van der Waals surface area (Å²) in [4.78, 5) is 24.9. The molecule has 0 amide bonds. The van der Waals surface area contributed by atoms with Crippen LogP contribution in [0.25, 0.3) is 11.1 Å². The summed E-state index contributed by atoms with van der Waals surface area (Å²) in [6, 6.07) is 30.6. The molecule has 4 aromatic rings. The number of hydrogen-bond donors (Lipinski definition) is 1. The molecular weight excluding hydrogens is 450 g/mol. The van der Waals surface area contributed by atoms with Gasteiger partial charge in [0.05, 0.1) is 10.5 Å². The third kappa shape index (κ3) is 5.57. The summed E-state index contributed by atoms with van der Waals surface area (Å²) in [5.41, 5.74) is 2.97. The number of hydrogen-bond acceptors (Lipinski definition) is 5. The summed E-state index contributed by atoms with van der Waals surface area (Å²) in [6.45, 7) is -0.397. The van der Waals surface area contributed by atoms with E-state index in [1.165, 1.54) is 36.4 Å². The van der Waals surface area contributed by atoms with Crippen LogP contribution in [0.1, 0.15) is 20.7 Å². The van der Waals surface area contributed by atoms with E-state index in [1.54, 1.807) is 30.3 Å². The summed E-state index contributed by atoms with van der Waals surface area (Å²) < 4.78 is 32.4. The van der Waals surface area contributed by atoms with Crippen LogP contribution in [0.15, 0.2) is 114 Å². The third-order valence-electron chi connectivity index (χ3n) is 5.07. The lowest BCUT2D eigenvalue weighted by Gasteiger charge is -2.09. The van der Waals surface area contributed by atoms with Crippen molar-refractivity contribution in [3.63, 3.8) is 0 Å². The van der Waals surface area contributed by atoms with Gasteiger partial charge in [-0.1, -0.05) is 72.8 Å². The lowest BCUT2D eigenvalue weighted by atomic mass is 10.0. The number of ether oxygens (including phenoxy) is 1. The standard InChI is InChI=1S/C27H21NO5S/c29-26(22-13-11-21(12-14-22)20-7-3-1-4-8-20)19-33-27(30)23-15-17-24(18-16-23)28-34(31,32)25-9-5-2-6-10-25/h1-18,28H,19H2. The molecule has 0 fully saturated rings. The van der Waals surface area contributed by atoms with Crippen molar-refractivity contribution in [2.75, 3.05) is 11.3 Å². The molecule has 0 heterocycles. The molecule has 0 aliphatic rings. The molecule has 0 bridgehead atoms. The summed E-state index contributed by atoms with van der Waals surface area (Å²) in [5.74, 6) is -0.994. The smallest absolute Gasteiger partial charge is 0.338 e. The van der Waals surface area contributed by atoms with Crippen LogP contribution >= 0.6 is 0 Å². The van der Waals surface area contributed by atoms with E-state index in [9.17, 15) is 18.0 Å². The second kappa shape index (κ2) is 10.1. The van der Waals surface area contributed by atoms with Crippen LogP contribution in [-0.4, -0.2) is 26.8 Å². The van der Waals surface area contributed by atoms with Gasteiger partial charge in [0.15, 0.2) is 12.4 Å². The second-order valence-electron chi connectivity index (χ2n) is 7.44. The average molecular weight is 472 g/mol. The molecule has 170 valence electrons. The van der Waals surface area contributed by atoms with Gasteiger partial charge in [0.1, 0.15) is 0 Å². The minimum atomic E-state index is -3.73. The Hall–Kier alpha value is -4.23. The maximum atomic E-state index is 12.4. The Balaban J connectivity index is 1.33. The number of carbonyl (C=O) groups excluding carboxylic acids is 2. The Morgan fingerprint density at radius 1 is 0.647 bits per heavy atom. The molecule has 4 aromatic carbocycles. The molecule has 0 unspecified atom stereocenters. The summed E-state index contributed by atoms with van der Waals surface area (Å²) in [5, 5.41) is 0. The van der Waals surface area contributed by atoms with Crippen molar-refractivity contribution < 1.29 is 22.7 Å². The number of ketones is 1. The van der Waals surface area contributed by atoms with Gasteiger partial charge in [-0.3, -0.25) is 9.52 Å². The molecule has 4 rings (SSSR count). The number of carbonyl (C=O) groups is 2. The van der Waals surface area contributed by atoms with Crippen LogP contribution in [0.4, 0.5) is 5.69 Å². The highest BCUT2D eigenvalue weighted by molar-refractivity contribution is 7.92. The van der Waals surface area contributed by atoms with E-state index >= 15 is 0 Å². The van der Waals surface area contributed by atoms with Crippen LogP contribution in [0, 0.1) is 0 Å². The molecule has 0 aliphatic carbocycles. The van der Waals surface area contributed by atoms with Crippen molar-refractivity contribution in [3.8, 4) is 11.1 Å². The predicted octanol–water partition coefficient (Wildman–Crippen LogP) is 5.19. The first-order valence-corrected chi connectivity index (χ1v) is 11.9. The molecule has 0 spiro atoms. The van der Waals surface area contributed by atoms with Gasteiger partial charge >= 0.3 is 5.97 Å². The topological polar surface area (TPSA) is 89.5 Å². The Bertz CT molecular complexity index is 1380. The molecule has 0 aliphatic heterocycles. The number of sulfonamides is 1. The van der Waals surface area contributed by atoms with Gasteiger partial charge in [-0.25, -0.2) is 13.2 Å². The highest BCUT2D eigenvalue weighted by Crippen LogP contribution is 2.20. The van der Waals surface area contributed by atoms with Gasteiger partial charge in [0.25, 0.3) is 10.0 Å². The first kappa shape index (κ1) is 22.9. The predicted molar refractivity (Wildman–Crippen MR) is 130 cm³/mol. The maximum Gasteiger partial charge on any atom is 0.338 e. The molecule has 0 atom stereocenters. The van der Waals surface area contributed by atoms with E-state index in [4.69, 9.17) is 4.74 Å². The van der Waals surface area contributed by atoms with Crippen molar-refractivity contribution in [2.45, 2.75) is 4.90 Å². The first-order valence-electron chi connectivity index (χ1n) is 10.5. The fraction of sp³-hybridized carbons (Fsp3) is 0.0370. The van der Waals surface area contributed by atoms with Crippen molar-refractivity contribution in [1.82, 2.24) is 0 Å². The third-order valence-corrected chi connectivity index (χ3v) is 6.47. The van der Waals surface area contributed by atoms with Gasteiger partial charge < -0.3 is 4.74 Å². The number of rotatable bonds is 8. The SMILES string of the molecule is O=C(COC(=O)c1ccc(NS(=O)(=O)c2ccccc2)cc1)c1ccc(-c2ccccc2)cc1. The van der Waals surface area contributed by atoms with E-state index < -0.39 is 22.6 Å². The number of Topliss-reactive ketones (excluding diaryl/α,β-unsaturated/α-hetero) is 1. The summed E-state index contributed by atoms with van der Waals surface area (Å²) >= 11 is 0. The van der Waals surface area contributed by atoms with Crippen LogP contribution in [0.3, 0.4) is 0 Å². The zero-order valence-corrected chi connectivity index (χ0v) is 18.9. The van der Waals surface area contributed by atoms with E-state index in [0.717, 1.165) is 11.1 Å². The van der Waals surface area contributed by atoms with Crippen LogP contribution in [0.2, 0.25) is 0 Å².